The van der Waals surface area contributed by atoms with Crippen molar-refractivity contribution in [1.29, 1.82) is 0 Å². The highest BCUT2D eigenvalue weighted by Gasteiger charge is 2.10. The number of halogens is 2. The van der Waals surface area contributed by atoms with Gasteiger partial charge in [0.05, 0.1) is 11.3 Å². The fourth-order valence-corrected chi connectivity index (χ4v) is 1.90. The minimum absolute atomic E-state index is 0.0181. The van der Waals surface area contributed by atoms with E-state index in [1.165, 1.54) is 6.07 Å². The zero-order chi connectivity index (χ0) is 13.1. The number of benzene rings is 2. The fourth-order valence-electron chi connectivity index (χ4n) is 1.57. The zero-order valence-electron chi connectivity index (χ0n) is 9.28. The normalized spacial score (nSPS) is 10.1. The summed E-state index contributed by atoms with van der Waals surface area (Å²) in [4.78, 5) is 0.0181. The molecular weight excluding hydrogens is 271 g/mol. The molecule has 5 heteroatoms. The Bertz CT molecular complexity index is 584. The molecule has 0 amide bonds. The van der Waals surface area contributed by atoms with Crippen LogP contribution in [-0.2, 0) is 0 Å². The summed E-state index contributed by atoms with van der Waals surface area (Å²) in [6.07, 6.45) is 0. The monoisotopic (exact) mass is 280 g/mol. The average Bonchev–Trinajstić information content (AvgIpc) is 2.32. The van der Waals surface area contributed by atoms with Crippen LogP contribution in [0.5, 0.6) is 0 Å². The van der Waals surface area contributed by atoms with Crippen molar-refractivity contribution >= 4 is 40.2 Å². The van der Waals surface area contributed by atoms with Crippen LogP contribution in [0.2, 0.25) is 5.02 Å². The molecule has 0 saturated heterocycles. The molecule has 2 aromatic rings. The first kappa shape index (κ1) is 12.8. The van der Waals surface area contributed by atoms with E-state index in [0.29, 0.717) is 10.7 Å². The Morgan fingerprint density at radius 2 is 1.83 bits per heavy atom. The Hall–Kier alpha value is -1.65. The van der Waals surface area contributed by atoms with Gasteiger partial charge in [-0.1, -0.05) is 29.9 Å². The maximum absolute atomic E-state index is 13.6. The van der Waals surface area contributed by atoms with Crippen LogP contribution in [-0.4, -0.2) is 4.99 Å². The molecule has 0 heterocycles. The molecule has 0 radical (unpaired) electrons. The number of nitrogens with two attached hydrogens (primary N) is 1. The molecule has 0 aliphatic heterocycles. The molecular formula is C13H10ClFN2S. The highest BCUT2D eigenvalue weighted by atomic mass is 35.5. The predicted octanol–water partition coefficient (Wildman–Crippen LogP) is 3.86. The molecule has 0 saturated carbocycles. The van der Waals surface area contributed by atoms with E-state index in [-0.39, 0.29) is 10.6 Å². The molecule has 0 spiro atoms. The minimum atomic E-state index is -0.443. The van der Waals surface area contributed by atoms with Gasteiger partial charge in [0.1, 0.15) is 10.8 Å². The highest BCUT2D eigenvalue weighted by molar-refractivity contribution is 7.80. The Kier molecular flexibility index (Phi) is 3.79. The zero-order valence-corrected chi connectivity index (χ0v) is 10.9. The second-order valence-electron chi connectivity index (χ2n) is 3.66. The lowest BCUT2D eigenvalue weighted by Gasteiger charge is -2.11. The number of thiocarbonyl (C=S) groups is 1. The SMILES string of the molecule is NC(=S)c1c(F)cccc1Nc1ccc(Cl)cc1. The number of hydrogen-bond acceptors (Lipinski definition) is 2. The fraction of sp³-hybridized carbons (Fsp3) is 0. The number of hydrogen-bond donors (Lipinski definition) is 2. The minimum Gasteiger partial charge on any atom is -0.389 e. The standard InChI is InChI=1S/C13H10ClFN2S/c14-8-4-6-9(7-5-8)17-11-3-1-2-10(15)12(11)13(16)18/h1-7,17H,(H2,16,18). The molecule has 0 aliphatic carbocycles. The second kappa shape index (κ2) is 5.33. The molecule has 0 aliphatic rings. The largest absolute Gasteiger partial charge is 0.389 e. The van der Waals surface area contributed by atoms with Gasteiger partial charge in [0.15, 0.2) is 0 Å². The third-order valence-electron chi connectivity index (χ3n) is 2.38. The molecule has 0 bridgehead atoms. The lowest BCUT2D eigenvalue weighted by molar-refractivity contribution is 0.626. The lowest BCUT2D eigenvalue weighted by Crippen LogP contribution is -2.14. The van der Waals surface area contributed by atoms with E-state index in [4.69, 9.17) is 29.6 Å². The van der Waals surface area contributed by atoms with Crippen molar-refractivity contribution in [2.75, 3.05) is 5.32 Å². The van der Waals surface area contributed by atoms with Gasteiger partial charge in [-0.3, -0.25) is 0 Å². The Morgan fingerprint density at radius 1 is 1.17 bits per heavy atom. The van der Waals surface area contributed by atoms with Crippen LogP contribution in [0.25, 0.3) is 0 Å². The van der Waals surface area contributed by atoms with Crippen LogP contribution in [0.1, 0.15) is 5.56 Å². The molecule has 2 nitrogen and oxygen atoms in total. The summed E-state index contributed by atoms with van der Waals surface area (Å²) in [6, 6.07) is 11.7. The molecule has 3 N–H and O–H groups in total. The third-order valence-corrected chi connectivity index (χ3v) is 2.84. The quantitative estimate of drug-likeness (QED) is 0.839. The van der Waals surface area contributed by atoms with Crippen molar-refractivity contribution in [3.8, 4) is 0 Å². The second-order valence-corrected chi connectivity index (χ2v) is 4.53. The Balaban J connectivity index is 2.37. The average molecular weight is 281 g/mol. The van der Waals surface area contributed by atoms with E-state index in [1.807, 2.05) is 0 Å². The Morgan fingerprint density at radius 3 is 2.44 bits per heavy atom. The first-order valence-electron chi connectivity index (χ1n) is 5.19. The smallest absolute Gasteiger partial charge is 0.135 e. The molecule has 0 unspecified atom stereocenters. The van der Waals surface area contributed by atoms with Gasteiger partial charge in [0.2, 0.25) is 0 Å². The maximum Gasteiger partial charge on any atom is 0.135 e. The predicted molar refractivity (Wildman–Crippen MR) is 77.0 cm³/mol. The summed E-state index contributed by atoms with van der Waals surface area (Å²) in [5, 5.41) is 3.69. The topological polar surface area (TPSA) is 38.0 Å². The molecule has 0 atom stereocenters. The van der Waals surface area contributed by atoms with Gasteiger partial charge in [-0.25, -0.2) is 4.39 Å². The summed E-state index contributed by atoms with van der Waals surface area (Å²) in [5.74, 6) is -0.443. The van der Waals surface area contributed by atoms with E-state index in [0.717, 1.165) is 5.69 Å². The highest BCUT2D eigenvalue weighted by Crippen LogP contribution is 2.24. The maximum atomic E-state index is 13.6. The van der Waals surface area contributed by atoms with Gasteiger partial charge >= 0.3 is 0 Å². The first-order chi connectivity index (χ1) is 8.58. The van der Waals surface area contributed by atoms with E-state index < -0.39 is 5.82 Å². The summed E-state index contributed by atoms with van der Waals surface area (Å²) in [5.41, 5.74) is 7.05. The number of anilines is 2. The van der Waals surface area contributed by atoms with Crippen LogP contribution in [0, 0.1) is 5.82 Å². The van der Waals surface area contributed by atoms with Crippen molar-refractivity contribution in [3.05, 3.63) is 58.9 Å². The summed E-state index contributed by atoms with van der Waals surface area (Å²) in [6.45, 7) is 0. The van der Waals surface area contributed by atoms with Gasteiger partial charge in [0.25, 0.3) is 0 Å². The molecule has 0 fully saturated rings. The summed E-state index contributed by atoms with van der Waals surface area (Å²) < 4.78 is 13.6. The molecule has 18 heavy (non-hydrogen) atoms. The van der Waals surface area contributed by atoms with Crippen LogP contribution in [0.4, 0.5) is 15.8 Å². The van der Waals surface area contributed by atoms with Crippen molar-refractivity contribution < 1.29 is 4.39 Å². The number of nitrogens with one attached hydrogen (secondary N) is 1. The van der Waals surface area contributed by atoms with Gasteiger partial charge in [-0.05, 0) is 36.4 Å². The first-order valence-corrected chi connectivity index (χ1v) is 5.97. The Labute approximate surface area is 115 Å². The third kappa shape index (κ3) is 2.78. The van der Waals surface area contributed by atoms with Crippen molar-refractivity contribution in [3.63, 3.8) is 0 Å². The van der Waals surface area contributed by atoms with Gasteiger partial charge < -0.3 is 11.1 Å². The van der Waals surface area contributed by atoms with Crippen molar-refractivity contribution in [2.24, 2.45) is 5.73 Å². The van der Waals surface area contributed by atoms with Crippen molar-refractivity contribution in [2.45, 2.75) is 0 Å². The lowest BCUT2D eigenvalue weighted by atomic mass is 10.1. The molecule has 2 aromatic carbocycles. The summed E-state index contributed by atoms with van der Waals surface area (Å²) >= 11 is 10.6. The van der Waals surface area contributed by atoms with Crippen molar-refractivity contribution in [1.82, 2.24) is 0 Å². The van der Waals surface area contributed by atoms with Gasteiger partial charge in [-0.2, -0.15) is 0 Å². The van der Waals surface area contributed by atoms with E-state index in [9.17, 15) is 4.39 Å². The summed E-state index contributed by atoms with van der Waals surface area (Å²) in [7, 11) is 0. The van der Waals surface area contributed by atoms with E-state index in [2.05, 4.69) is 5.32 Å². The van der Waals surface area contributed by atoms with E-state index in [1.54, 1.807) is 36.4 Å². The van der Waals surface area contributed by atoms with Crippen LogP contribution < -0.4 is 11.1 Å². The van der Waals surface area contributed by atoms with E-state index >= 15 is 0 Å². The molecule has 2 rings (SSSR count). The van der Waals surface area contributed by atoms with Crippen LogP contribution in [0.15, 0.2) is 42.5 Å². The van der Waals surface area contributed by atoms with Crippen LogP contribution >= 0.6 is 23.8 Å². The van der Waals surface area contributed by atoms with Gasteiger partial charge in [-0.15, -0.1) is 0 Å². The van der Waals surface area contributed by atoms with Gasteiger partial charge in [0, 0.05) is 10.7 Å². The number of rotatable bonds is 3. The molecule has 92 valence electrons. The van der Waals surface area contributed by atoms with Crippen LogP contribution in [0.3, 0.4) is 0 Å². The molecule has 0 aromatic heterocycles.